The quantitative estimate of drug-likeness (QED) is 0.722. The summed E-state index contributed by atoms with van der Waals surface area (Å²) < 4.78 is 42.5. The molecule has 24 heavy (non-hydrogen) atoms. The zero-order chi connectivity index (χ0) is 17.2. The number of benzene rings is 2. The van der Waals surface area contributed by atoms with Crippen LogP contribution in [0.15, 0.2) is 45.9 Å². The normalized spacial score (nSPS) is 11.6. The summed E-state index contributed by atoms with van der Waals surface area (Å²) in [6.45, 7) is 0.0877. The SMILES string of the molecule is COc1ccc(CNS(=O)(=O)c2cccc3nonc23)cc1OC. The number of aromatic nitrogens is 2. The molecule has 0 atom stereocenters. The lowest BCUT2D eigenvalue weighted by Crippen LogP contribution is -2.23. The second-order valence-electron chi connectivity index (χ2n) is 4.90. The average Bonchev–Trinajstić information content (AvgIpc) is 3.08. The van der Waals surface area contributed by atoms with Crippen molar-refractivity contribution in [3.8, 4) is 11.5 Å². The lowest BCUT2D eigenvalue weighted by molar-refractivity contribution is 0.315. The molecule has 0 bridgehead atoms. The molecule has 0 fully saturated rings. The molecule has 1 N–H and O–H groups in total. The number of hydrogen-bond donors (Lipinski definition) is 1. The zero-order valence-corrected chi connectivity index (χ0v) is 13.8. The first-order chi connectivity index (χ1) is 11.5. The zero-order valence-electron chi connectivity index (χ0n) is 13.0. The third kappa shape index (κ3) is 3.03. The minimum Gasteiger partial charge on any atom is -0.493 e. The molecule has 0 saturated heterocycles. The summed E-state index contributed by atoms with van der Waals surface area (Å²) in [6, 6.07) is 9.83. The van der Waals surface area contributed by atoms with Crippen LogP contribution in [0.2, 0.25) is 0 Å². The Bertz CT molecular complexity index is 968. The van der Waals surface area contributed by atoms with E-state index in [4.69, 9.17) is 9.47 Å². The van der Waals surface area contributed by atoms with Crippen LogP contribution in [-0.4, -0.2) is 33.0 Å². The Morgan fingerprint density at radius 2 is 1.88 bits per heavy atom. The molecule has 126 valence electrons. The second-order valence-corrected chi connectivity index (χ2v) is 6.64. The van der Waals surface area contributed by atoms with E-state index < -0.39 is 10.0 Å². The highest BCUT2D eigenvalue weighted by atomic mass is 32.2. The van der Waals surface area contributed by atoms with E-state index in [-0.39, 0.29) is 17.0 Å². The first-order valence-corrected chi connectivity index (χ1v) is 8.45. The van der Waals surface area contributed by atoms with Crippen LogP contribution in [0.5, 0.6) is 11.5 Å². The number of fused-ring (bicyclic) bond motifs is 1. The van der Waals surface area contributed by atoms with Gasteiger partial charge in [-0.15, -0.1) is 0 Å². The Morgan fingerprint density at radius 3 is 2.62 bits per heavy atom. The smallest absolute Gasteiger partial charge is 0.243 e. The number of nitrogens with zero attached hydrogens (tertiary/aromatic N) is 2. The number of rotatable bonds is 6. The van der Waals surface area contributed by atoms with Crippen molar-refractivity contribution in [2.24, 2.45) is 0 Å². The van der Waals surface area contributed by atoms with Gasteiger partial charge in [0, 0.05) is 6.54 Å². The van der Waals surface area contributed by atoms with Gasteiger partial charge in [0.15, 0.2) is 17.0 Å². The van der Waals surface area contributed by atoms with Crippen LogP contribution < -0.4 is 14.2 Å². The molecule has 0 amide bonds. The second kappa shape index (κ2) is 6.46. The van der Waals surface area contributed by atoms with Gasteiger partial charge in [-0.2, -0.15) is 0 Å². The largest absolute Gasteiger partial charge is 0.493 e. The van der Waals surface area contributed by atoms with Crippen molar-refractivity contribution in [2.45, 2.75) is 11.4 Å². The van der Waals surface area contributed by atoms with Gasteiger partial charge in [0.1, 0.15) is 10.4 Å². The highest BCUT2D eigenvalue weighted by molar-refractivity contribution is 7.89. The molecule has 0 spiro atoms. The predicted octanol–water partition coefficient (Wildman–Crippen LogP) is 1.72. The van der Waals surface area contributed by atoms with E-state index in [1.54, 1.807) is 30.3 Å². The van der Waals surface area contributed by atoms with Gasteiger partial charge in [-0.3, -0.25) is 0 Å². The van der Waals surface area contributed by atoms with E-state index in [2.05, 4.69) is 19.7 Å². The van der Waals surface area contributed by atoms with Gasteiger partial charge >= 0.3 is 0 Å². The highest BCUT2D eigenvalue weighted by Gasteiger charge is 2.20. The van der Waals surface area contributed by atoms with Gasteiger partial charge < -0.3 is 9.47 Å². The van der Waals surface area contributed by atoms with Gasteiger partial charge in [-0.05, 0) is 40.1 Å². The Hall–Kier alpha value is -2.65. The maximum atomic E-state index is 12.5. The molecular weight excluding hydrogens is 334 g/mol. The van der Waals surface area contributed by atoms with E-state index >= 15 is 0 Å². The van der Waals surface area contributed by atoms with Crippen molar-refractivity contribution in [1.82, 2.24) is 15.0 Å². The molecule has 0 radical (unpaired) electrons. The molecule has 9 heteroatoms. The van der Waals surface area contributed by atoms with Crippen LogP contribution in [0.4, 0.5) is 0 Å². The van der Waals surface area contributed by atoms with Crippen molar-refractivity contribution in [1.29, 1.82) is 0 Å². The standard InChI is InChI=1S/C15H15N3O5S/c1-21-12-7-6-10(8-13(12)22-2)9-16-24(19,20)14-5-3-4-11-15(14)18-23-17-11/h3-8,16H,9H2,1-2H3. The lowest BCUT2D eigenvalue weighted by Gasteiger charge is -2.10. The third-order valence-electron chi connectivity index (χ3n) is 3.45. The minimum absolute atomic E-state index is 0.0155. The first kappa shape index (κ1) is 16.2. The molecule has 0 aliphatic heterocycles. The number of methoxy groups -OCH3 is 2. The predicted molar refractivity (Wildman–Crippen MR) is 85.4 cm³/mol. The molecule has 8 nitrogen and oxygen atoms in total. The van der Waals surface area contributed by atoms with Crippen LogP contribution in [0, 0.1) is 0 Å². The summed E-state index contributed by atoms with van der Waals surface area (Å²) in [5.74, 6) is 1.10. The summed E-state index contributed by atoms with van der Waals surface area (Å²) in [5.41, 5.74) is 1.29. The molecule has 3 aromatic rings. The minimum atomic E-state index is -3.77. The maximum absolute atomic E-state index is 12.5. The molecule has 0 saturated carbocycles. The topological polar surface area (TPSA) is 104 Å². The molecule has 0 aliphatic rings. The lowest BCUT2D eigenvalue weighted by atomic mass is 10.2. The van der Waals surface area contributed by atoms with Crippen molar-refractivity contribution in [3.05, 3.63) is 42.0 Å². The average molecular weight is 349 g/mol. The summed E-state index contributed by atoms with van der Waals surface area (Å²) in [4.78, 5) is 0.0155. The number of sulfonamides is 1. The molecular formula is C15H15N3O5S. The number of ether oxygens (including phenoxy) is 2. The van der Waals surface area contributed by atoms with Crippen molar-refractivity contribution in [2.75, 3.05) is 14.2 Å². The Kier molecular flexibility index (Phi) is 4.36. The van der Waals surface area contributed by atoms with Crippen LogP contribution >= 0.6 is 0 Å². The Labute approximate surface area is 138 Å². The van der Waals surface area contributed by atoms with E-state index in [1.165, 1.54) is 20.3 Å². The fourth-order valence-electron chi connectivity index (χ4n) is 2.24. The Balaban J connectivity index is 1.84. The van der Waals surface area contributed by atoms with Crippen molar-refractivity contribution >= 4 is 21.1 Å². The number of hydrogen-bond acceptors (Lipinski definition) is 7. The fraction of sp³-hybridized carbons (Fsp3) is 0.200. The first-order valence-electron chi connectivity index (χ1n) is 6.97. The van der Waals surface area contributed by atoms with Gasteiger partial charge in [0.25, 0.3) is 0 Å². The molecule has 1 heterocycles. The van der Waals surface area contributed by atoms with Crippen molar-refractivity contribution in [3.63, 3.8) is 0 Å². The summed E-state index contributed by atoms with van der Waals surface area (Å²) in [7, 11) is -0.722. The molecule has 3 rings (SSSR count). The molecule has 1 aromatic heterocycles. The van der Waals surface area contributed by atoms with Crippen LogP contribution in [0.3, 0.4) is 0 Å². The molecule has 2 aromatic carbocycles. The van der Waals surface area contributed by atoms with Gasteiger partial charge in [-0.1, -0.05) is 12.1 Å². The van der Waals surface area contributed by atoms with Gasteiger partial charge in [0.2, 0.25) is 10.0 Å². The van der Waals surface area contributed by atoms with Crippen LogP contribution in [0.1, 0.15) is 5.56 Å². The fourth-order valence-corrected chi connectivity index (χ4v) is 3.41. The van der Waals surface area contributed by atoms with Crippen LogP contribution in [-0.2, 0) is 16.6 Å². The van der Waals surface area contributed by atoms with Crippen molar-refractivity contribution < 1.29 is 22.5 Å². The third-order valence-corrected chi connectivity index (χ3v) is 4.89. The van der Waals surface area contributed by atoms with E-state index in [1.807, 2.05) is 0 Å². The molecule has 0 unspecified atom stereocenters. The van der Waals surface area contributed by atoms with Crippen LogP contribution in [0.25, 0.3) is 11.0 Å². The van der Waals surface area contributed by atoms with E-state index in [9.17, 15) is 8.42 Å². The monoisotopic (exact) mass is 349 g/mol. The number of nitrogens with one attached hydrogen (secondary N) is 1. The van der Waals surface area contributed by atoms with Gasteiger partial charge in [0.05, 0.1) is 14.2 Å². The summed E-state index contributed by atoms with van der Waals surface area (Å²) in [6.07, 6.45) is 0. The highest BCUT2D eigenvalue weighted by Crippen LogP contribution is 2.27. The van der Waals surface area contributed by atoms with E-state index in [0.29, 0.717) is 17.0 Å². The van der Waals surface area contributed by atoms with E-state index in [0.717, 1.165) is 5.56 Å². The van der Waals surface area contributed by atoms with Gasteiger partial charge in [-0.25, -0.2) is 17.8 Å². The maximum Gasteiger partial charge on any atom is 0.243 e. The summed E-state index contributed by atoms with van der Waals surface area (Å²) in [5, 5.41) is 7.29. The molecule has 0 aliphatic carbocycles. The summed E-state index contributed by atoms with van der Waals surface area (Å²) >= 11 is 0. The Morgan fingerprint density at radius 1 is 1.08 bits per heavy atom.